The molecule has 1 aliphatic rings. The number of alkyl halides is 1. The molecule has 0 aromatic carbocycles. The van der Waals surface area contributed by atoms with Gasteiger partial charge in [-0.2, -0.15) is 0 Å². The number of rotatable bonds is 1. The van der Waals surface area contributed by atoms with E-state index in [-0.39, 0.29) is 0 Å². The zero-order valence-electron chi connectivity index (χ0n) is 5.51. The van der Waals surface area contributed by atoms with E-state index >= 15 is 0 Å². The first-order valence-electron chi connectivity index (χ1n) is 3.05. The molecule has 5 nitrogen and oxygen atoms in total. The van der Waals surface area contributed by atoms with Gasteiger partial charge in [0.05, 0.1) is 6.61 Å². The van der Waals surface area contributed by atoms with Gasteiger partial charge in [-0.25, -0.2) is 0 Å². The van der Waals surface area contributed by atoms with Crippen LogP contribution in [0.1, 0.15) is 0 Å². The van der Waals surface area contributed by atoms with Crippen LogP contribution < -0.4 is 0 Å². The molecule has 1 saturated heterocycles. The highest BCUT2D eigenvalue weighted by molar-refractivity contribution is 9.10. The number of aliphatic hydroxyl groups excluding tert-OH is 3. The minimum absolute atomic E-state index is 0.452. The van der Waals surface area contributed by atoms with E-state index in [1.807, 2.05) is 0 Å². The van der Waals surface area contributed by atoms with Crippen LogP contribution in [0.15, 0.2) is 0 Å². The fourth-order valence-electron chi connectivity index (χ4n) is 0.911. The van der Waals surface area contributed by atoms with Crippen molar-refractivity contribution in [3.63, 3.8) is 0 Å². The second-order valence-corrected chi connectivity index (χ2v) is 3.52. The summed E-state index contributed by atoms with van der Waals surface area (Å²) < 4.78 is 2.70. The normalized spacial score (nSPS) is 51.5. The van der Waals surface area contributed by atoms with Crippen molar-refractivity contribution in [1.82, 2.24) is 0 Å². The second-order valence-electron chi connectivity index (χ2n) is 2.38. The Hall–Kier alpha value is 0.280. The maximum Gasteiger partial charge on any atom is 0.254 e. The SMILES string of the molecule is OC[C@@H]1O[C@@](O)(Br)[C@@H](O)[C@H]1O. The fourth-order valence-corrected chi connectivity index (χ4v) is 1.42. The lowest BCUT2D eigenvalue weighted by Gasteiger charge is -2.17. The van der Waals surface area contributed by atoms with E-state index in [2.05, 4.69) is 20.7 Å². The summed E-state index contributed by atoms with van der Waals surface area (Å²) in [6, 6.07) is 0. The summed E-state index contributed by atoms with van der Waals surface area (Å²) in [5.74, 6) is 0. The summed E-state index contributed by atoms with van der Waals surface area (Å²) in [5, 5.41) is 35.8. The summed E-state index contributed by atoms with van der Waals surface area (Å²) in [6.07, 6.45) is -3.67. The molecule has 1 fully saturated rings. The van der Waals surface area contributed by atoms with Crippen LogP contribution in [-0.4, -0.2) is 50.0 Å². The summed E-state index contributed by atoms with van der Waals surface area (Å²) in [7, 11) is 0. The number of halogens is 1. The van der Waals surface area contributed by atoms with E-state index in [1.165, 1.54) is 0 Å². The molecule has 1 rings (SSSR count). The molecule has 0 saturated carbocycles. The minimum Gasteiger partial charge on any atom is -0.394 e. The quantitative estimate of drug-likeness (QED) is 0.396. The van der Waals surface area contributed by atoms with Crippen molar-refractivity contribution in [2.24, 2.45) is 0 Å². The van der Waals surface area contributed by atoms with E-state index in [0.29, 0.717) is 0 Å². The molecule has 0 radical (unpaired) electrons. The van der Waals surface area contributed by atoms with Crippen LogP contribution in [0.25, 0.3) is 0 Å². The summed E-state index contributed by atoms with van der Waals surface area (Å²) in [6.45, 7) is -0.452. The maximum absolute atomic E-state index is 9.11. The van der Waals surface area contributed by atoms with Crippen molar-refractivity contribution in [3.8, 4) is 0 Å². The molecule has 0 unspecified atom stereocenters. The third-order valence-electron chi connectivity index (χ3n) is 1.57. The van der Waals surface area contributed by atoms with Gasteiger partial charge in [0, 0.05) is 0 Å². The van der Waals surface area contributed by atoms with Crippen LogP contribution in [-0.2, 0) is 4.74 Å². The van der Waals surface area contributed by atoms with Gasteiger partial charge in [-0.05, 0) is 15.9 Å². The van der Waals surface area contributed by atoms with Crippen LogP contribution in [0, 0.1) is 0 Å². The van der Waals surface area contributed by atoms with Crippen molar-refractivity contribution in [2.45, 2.75) is 23.0 Å². The molecule has 66 valence electrons. The van der Waals surface area contributed by atoms with Crippen molar-refractivity contribution >= 4 is 15.9 Å². The van der Waals surface area contributed by atoms with Crippen LogP contribution in [0.4, 0.5) is 0 Å². The lowest BCUT2D eigenvalue weighted by Crippen LogP contribution is -2.38. The van der Waals surface area contributed by atoms with E-state index in [4.69, 9.17) is 20.4 Å². The van der Waals surface area contributed by atoms with Gasteiger partial charge in [-0.15, -0.1) is 0 Å². The zero-order chi connectivity index (χ0) is 8.65. The van der Waals surface area contributed by atoms with Gasteiger partial charge in [-0.1, -0.05) is 0 Å². The Morgan fingerprint density at radius 3 is 2.18 bits per heavy atom. The Balaban J connectivity index is 2.69. The molecular weight excluding hydrogens is 220 g/mol. The van der Waals surface area contributed by atoms with E-state index in [9.17, 15) is 0 Å². The van der Waals surface area contributed by atoms with E-state index in [1.54, 1.807) is 0 Å². The number of hydrogen-bond acceptors (Lipinski definition) is 5. The van der Waals surface area contributed by atoms with Gasteiger partial charge in [0.15, 0.2) is 0 Å². The predicted octanol–water partition coefficient (Wildman–Crippen LogP) is -1.86. The topological polar surface area (TPSA) is 90.2 Å². The Kier molecular flexibility index (Phi) is 2.53. The molecule has 4 atom stereocenters. The van der Waals surface area contributed by atoms with Crippen molar-refractivity contribution in [3.05, 3.63) is 0 Å². The van der Waals surface area contributed by atoms with Gasteiger partial charge in [-0.3, -0.25) is 0 Å². The van der Waals surface area contributed by atoms with Gasteiger partial charge in [0.25, 0.3) is 4.70 Å². The summed E-state index contributed by atoms with van der Waals surface area (Å²) in [5.41, 5.74) is 0. The number of hydrogen-bond donors (Lipinski definition) is 4. The summed E-state index contributed by atoms with van der Waals surface area (Å²) >= 11 is 2.64. The molecule has 1 heterocycles. The van der Waals surface area contributed by atoms with Crippen molar-refractivity contribution < 1.29 is 25.2 Å². The van der Waals surface area contributed by atoms with Gasteiger partial charge in [0.1, 0.15) is 18.3 Å². The molecular formula is C5H9BrO5. The molecule has 0 bridgehead atoms. The number of aliphatic hydroxyl groups is 4. The third kappa shape index (κ3) is 1.56. The number of ether oxygens (including phenoxy) is 1. The molecule has 0 amide bonds. The minimum atomic E-state index is -1.94. The highest BCUT2D eigenvalue weighted by Crippen LogP contribution is 2.33. The highest BCUT2D eigenvalue weighted by Gasteiger charge is 2.51. The standard InChI is InChI=1S/C5H9BrO5/c6-5(10)4(9)3(8)2(1-7)11-5/h2-4,7-10H,1H2/t2-,3-,4-,5+/m0/s1. The highest BCUT2D eigenvalue weighted by atomic mass is 79.9. The third-order valence-corrected chi connectivity index (χ3v) is 2.22. The van der Waals surface area contributed by atoms with Crippen molar-refractivity contribution in [2.75, 3.05) is 6.61 Å². The van der Waals surface area contributed by atoms with Crippen LogP contribution >= 0.6 is 15.9 Å². The largest absolute Gasteiger partial charge is 0.394 e. The molecule has 0 spiro atoms. The fraction of sp³-hybridized carbons (Fsp3) is 1.00. The van der Waals surface area contributed by atoms with Crippen molar-refractivity contribution in [1.29, 1.82) is 0 Å². The Labute approximate surface area is 71.4 Å². The molecule has 0 aliphatic carbocycles. The average molecular weight is 229 g/mol. The van der Waals surface area contributed by atoms with Crippen LogP contribution in [0.3, 0.4) is 0 Å². The average Bonchev–Trinajstić information content (AvgIpc) is 2.13. The first-order chi connectivity index (χ1) is 4.99. The van der Waals surface area contributed by atoms with Crippen LogP contribution in [0.5, 0.6) is 0 Å². The first kappa shape index (κ1) is 9.37. The molecule has 11 heavy (non-hydrogen) atoms. The Morgan fingerprint density at radius 1 is 1.45 bits per heavy atom. The van der Waals surface area contributed by atoms with E-state index in [0.717, 1.165) is 0 Å². The zero-order valence-corrected chi connectivity index (χ0v) is 7.10. The molecule has 4 N–H and O–H groups in total. The Bertz CT molecular complexity index is 150. The lowest BCUT2D eigenvalue weighted by atomic mass is 10.1. The molecule has 1 aliphatic heterocycles. The first-order valence-corrected chi connectivity index (χ1v) is 3.84. The maximum atomic E-state index is 9.11. The van der Waals surface area contributed by atoms with Gasteiger partial charge < -0.3 is 25.2 Å². The van der Waals surface area contributed by atoms with Gasteiger partial charge >= 0.3 is 0 Å². The lowest BCUT2D eigenvalue weighted by molar-refractivity contribution is -0.156. The van der Waals surface area contributed by atoms with E-state index < -0.39 is 29.6 Å². The second kappa shape index (κ2) is 2.96. The van der Waals surface area contributed by atoms with Gasteiger partial charge in [0.2, 0.25) is 0 Å². The Morgan fingerprint density at radius 2 is 2.00 bits per heavy atom. The monoisotopic (exact) mass is 228 g/mol. The molecule has 6 heteroatoms. The smallest absolute Gasteiger partial charge is 0.254 e. The predicted molar refractivity (Wildman–Crippen MR) is 37.8 cm³/mol. The van der Waals surface area contributed by atoms with Crippen LogP contribution in [0.2, 0.25) is 0 Å². The molecule has 0 aromatic rings. The molecule has 0 aromatic heterocycles. The summed E-state index contributed by atoms with van der Waals surface area (Å²) in [4.78, 5) is 0.